The van der Waals surface area contributed by atoms with Crippen LogP contribution in [0.4, 0.5) is 5.69 Å². The van der Waals surface area contributed by atoms with Crippen molar-refractivity contribution in [1.82, 2.24) is 9.78 Å². The molecular weight excluding hydrogens is 384 g/mol. The van der Waals surface area contributed by atoms with E-state index in [-0.39, 0.29) is 11.2 Å². The number of carbonyl (C=O) groups excluding carboxylic acids is 1. The van der Waals surface area contributed by atoms with Crippen LogP contribution in [0.25, 0.3) is 5.69 Å². The van der Waals surface area contributed by atoms with Crippen LogP contribution in [-0.2, 0) is 4.79 Å². The molecule has 1 N–H and O–H groups in total. The van der Waals surface area contributed by atoms with E-state index in [0.29, 0.717) is 15.2 Å². The number of aromatic nitrogens is 2. The molecule has 0 radical (unpaired) electrons. The molecule has 5 nitrogen and oxygen atoms in total. The number of carbonyl (C=O) groups is 1. The Morgan fingerprint density at radius 3 is 2.81 bits per heavy atom. The summed E-state index contributed by atoms with van der Waals surface area (Å²) in [6, 6.07) is 18.5. The number of hydrogen-bond acceptors (Lipinski definition) is 6. The van der Waals surface area contributed by atoms with Gasteiger partial charge in [-0.2, -0.15) is 5.26 Å². The first kappa shape index (κ1) is 18.3. The van der Waals surface area contributed by atoms with Crippen LogP contribution in [0.1, 0.15) is 12.5 Å². The van der Waals surface area contributed by atoms with Crippen molar-refractivity contribution in [2.45, 2.75) is 16.5 Å². The molecule has 1 heterocycles. The van der Waals surface area contributed by atoms with E-state index < -0.39 is 0 Å². The zero-order valence-electron chi connectivity index (χ0n) is 13.7. The topological polar surface area (TPSA) is 70.7 Å². The number of anilines is 1. The Labute approximate surface area is 164 Å². The summed E-state index contributed by atoms with van der Waals surface area (Å²) in [5.74, 6) is -0.155. The van der Waals surface area contributed by atoms with Crippen LogP contribution < -0.4 is 5.32 Å². The quantitative estimate of drug-likeness (QED) is 0.500. The van der Waals surface area contributed by atoms with Crippen LogP contribution in [0.15, 0.2) is 58.9 Å². The van der Waals surface area contributed by atoms with E-state index in [4.69, 9.17) is 17.5 Å². The van der Waals surface area contributed by atoms with Crippen molar-refractivity contribution in [3.05, 3.63) is 64.1 Å². The third-order valence-electron chi connectivity index (χ3n) is 3.44. The van der Waals surface area contributed by atoms with Crippen molar-refractivity contribution in [2.24, 2.45) is 0 Å². The van der Waals surface area contributed by atoms with Gasteiger partial charge in [0, 0.05) is 5.69 Å². The summed E-state index contributed by atoms with van der Waals surface area (Å²) in [4.78, 5) is 12.4. The summed E-state index contributed by atoms with van der Waals surface area (Å²) in [5.41, 5.74) is 2.00. The Morgan fingerprint density at radius 1 is 1.31 bits per heavy atom. The molecule has 1 atom stereocenters. The smallest absolute Gasteiger partial charge is 0.237 e. The SMILES string of the molecule is C[C@H](Sc1nn(-c2ccccc2)c(=S)s1)C(=O)Nc1cccc(C#N)c1. The zero-order chi connectivity index (χ0) is 18.5. The molecule has 0 saturated heterocycles. The van der Waals surface area contributed by atoms with Gasteiger partial charge in [-0.1, -0.05) is 47.4 Å². The monoisotopic (exact) mass is 398 g/mol. The van der Waals surface area contributed by atoms with Gasteiger partial charge in [-0.25, -0.2) is 4.68 Å². The molecule has 2 aromatic carbocycles. The van der Waals surface area contributed by atoms with Gasteiger partial charge in [-0.05, 0) is 49.5 Å². The first-order chi connectivity index (χ1) is 12.6. The maximum absolute atomic E-state index is 12.4. The van der Waals surface area contributed by atoms with Crippen LogP contribution in [0.5, 0.6) is 0 Å². The van der Waals surface area contributed by atoms with Gasteiger partial charge < -0.3 is 5.32 Å². The zero-order valence-corrected chi connectivity index (χ0v) is 16.2. The van der Waals surface area contributed by atoms with Gasteiger partial charge in [-0.3, -0.25) is 4.79 Å². The molecule has 0 aliphatic carbocycles. The fourth-order valence-corrected chi connectivity index (χ4v) is 4.66. The number of benzene rings is 2. The highest BCUT2D eigenvalue weighted by Gasteiger charge is 2.17. The van der Waals surface area contributed by atoms with Gasteiger partial charge in [0.2, 0.25) is 5.91 Å². The summed E-state index contributed by atoms with van der Waals surface area (Å²) >= 11 is 8.11. The molecule has 8 heteroatoms. The Morgan fingerprint density at radius 2 is 2.08 bits per heavy atom. The number of nitrogens with one attached hydrogen (secondary N) is 1. The van der Waals surface area contributed by atoms with Gasteiger partial charge in [0.1, 0.15) is 0 Å². The second-order valence-electron chi connectivity index (χ2n) is 5.32. The van der Waals surface area contributed by atoms with Gasteiger partial charge >= 0.3 is 0 Å². The molecule has 0 unspecified atom stereocenters. The number of nitriles is 1. The molecule has 0 aliphatic rings. The van der Waals surface area contributed by atoms with Crippen LogP contribution in [0.3, 0.4) is 0 Å². The molecule has 130 valence electrons. The number of amides is 1. The lowest BCUT2D eigenvalue weighted by Gasteiger charge is -2.10. The second kappa shape index (κ2) is 8.27. The summed E-state index contributed by atoms with van der Waals surface area (Å²) in [5, 5.41) is 15.9. The lowest BCUT2D eigenvalue weighted by atomic mass is 10.2. The number of rotatable bonds is 5. The molecule has 0 aliphatic heterocycles. The largest absolute Gasteiger partial charge is 0.325 e. The van der Waals surface area contributed by atoms with E-state index in [9.17, 15) is 4.79 Å². The highest BCUT2D eigenvalue weighted by Crippen LogP contribution is 2.28. The molecule has 0 spiro atoms. The van der Waals surface area contributed by atoms with Crippen molar-refractivity contribution in [3.8, 4) is 11.8 Å². The highest BCUT2D eigenvalue weighted by atomic mass is 32.2. The average molecular weight is 399 g/mol. The maximum atomic E-state index is 12.4. The minimum atomic E-state index is -0.356. The van der Waals surface area contributed by atoms with Gasteiger partial charge in [0.15, 0.2) is 8.29 Å². The molecule has 0 fully saturated rings. The predicted molar refractivity (Wildman–Crippen MR) is 107 cm³/mol. The Bertz CT molecular complexity index is 1020. The first-order valence-corrected chi connectivity index (χ1v) is 9.80. The summed E-state index contributed by atoms with van der Waals surface area (Å²) < 4.78 is 3.06. The number of nitrogens with zero attached hydrogens (tertiary/aromatic N) is 3. The average Bonchev–Trinajstić information content (AvgIpc) is 3.02. The van der Waals surface area contributed by atoms with Crippen LogP contribution in [-0.4, -0.2) is 20.9 Å². The van der Waals surface area contributed by atoms with Crippen LogP contribution >= 0.6 is 35.3 Å². The lowest BCUT2D eigenvalue weighted by molar-refractivity contribution is -0.115. The first-order valence-electron chi connectivity index (χ1n) is 7.70. The number of hydrogen-bond donors (Lipinski definition) is 1. The summed E-state index contributed by atoms with van der Waals surface area (Å²) in [6.45, 7) is 1.81. The van der Waals surface area contributed by atoms with Gasteiger partial charge in [0.05, 0.1) is 22.6 Å². The predicted octanol–water partition coefficient (Wildman–Crippen LogP) is 4.65. The molecule has 26 heavy (non-hydrogen) atoms. The van der Waals surface area contributed by atoms with Gasteiger partial charge in [-0.15, -0.1) is 5.10 Å². The third-order valence-corrected chi connectivity index (χ3v) is 5.85. The molecule has 3 rings (SSSR count). The fourth-order valence-electron chi connectivity index (χ4n) is 2.16. The second-order valence-corrected chi connectivity index (χ2v) is 8.53. The van der Waals surface area contributed by atoms with Crippen molar-refractivity contribution in [2.75, 3.05) is 5.32 Å². The molecule has 0 bridgehead atoms. The molecule has 1 aromatic heterocycles. The fraction of sp³-hybridized carbons (Fsp3) is 0.111. The van der Waals surface area contributed by atoms with Crippen molar-refractivity contribution in [3.63, 3.8) is 0 Å². The number of para-hydroxylation sites is 1. The Balaban J connectivity index is 1.70. The molecule has 1 amide bonds. The maximum Gasteiger partial charge on any atom is 0.237 e. The Hall–Kier alpha value is -2.47. The van der Waals surface area contributed by atoms with E-state index in [1.165, 1.54) is 23.1 Å². The van der Waals surface area contributed by atoms with Gasteiger partial charge in [0.25, 0.3) is 0 Å². The normalized spacial score (nSPS) is 11.5. The molecule has 3 aromatic rings. The van der Waals surface area contributed by atoms with Crippen molar-refractivity contribution < 1.29 is 4.79 Å². The third kappa shape index (κ3) is 4.38. The minimum absolute atomic E-state index is 0.155. The molecular formula is C18H14N4OS3. The van der Waals surface area contributed by atoms with E-state index in [1.54, 1.807) is 28.9 Å². The van der Waals surface area contributed by atoms with Crippen LogP contribution in [0, 0.1) is 15.3 Å². The van der Waals surface area contributed by atoms with E-state index in [2.05, 4.69) is 16.5 Å². The summed E-state index contributed by atoms with van der Waals surface area (Å²) in [6.07, 6.45) is 0. The van der Waals surface area contributed by atoms with Crippen molar-refractivity contribution in [1.29, 1.82) is 5.26 Å². The van der Waals surface area contributed by atoms with Crippen molar-refractivity contribution >= 4 is 46.9 Å². The van der Waals surface area contributed by atoms with E-state index >= 15 is 0 Å². The highest BCUT2D eigenvalue weighted by molar-refractivity contribution is 8.02. The molecule has 0 saturated carbocycles. The van der Waals surface area contributed by atoms with E-state index in [1.807, 2.05) is 37.3 Å². The standard InChI is InChI=1S/C18H14N4OS3/c1-12(16(23)20-14-7-5-6-13(10-14)11-19)25-17-21-22(18(24)26-17)15-8-3-2-4-9-15/h2-10,12H,1H3,(H,20,23)/t12-/m0/s1. The Kier molecular flexibility index (Phi) is 5.83. The van der Waals surface area contributed by atoms with Crippen LogP contribution in [0.2, 0.25) is 0 Å². The summed E-state index contributed by atoms with van der Waals surface area (Å²) in [7, 11) is 0. The minimum Gasteiger partial charge on any atom is -0.325 e. The van der Waals surface area contributed by atoms with E-state index in [0.717, 1.165) is 10.0 Å². The number of thioether (sulfide) groups is 1. The lowest BCUT2D eigenvalue weighted by Crippen LogP contribution is -2.22.